The Morgan fingerprint density at radius 3 is 2.61 bits per heavy atom. The number of hydrogen-bond donors (Lipinski definition) is 3. The van der Waals surface area contributed by atoms with Crippen LogP contribution in [0.3, 0.4) is 0 Å². The zero-order valence-electron chi connectivity index (χ0n) is 16.8. The number of hydrogen-bond acceptors (Lipinski definition) is 8. The molecule has 0 saturated heterocycles. The second kappa shape index (κ2) is 6.98. The standard InChI is InChI=1S/C20H20F2N6O2S/c1-19(20(5-6-20)31(29,30)28(2)18(24)27-19)14-7-12(3-4-15(14)21)8-16(22)17-11-25-13(9-23)10-26-17/h3-4,7-8,10-11,29-30H,5-6H2,1-2H3,(H2,24,27)/b16-8-/t19-/m1/s1. The van der Waals surface area contributed by atoms with E-state index in [0.717, 1.165) is 22.8 Å². The molecule has 2 heterocycles. The highest BCUT2D eigenvalue weighted by molar-refractivity contribution is 8.24. The number of nitrogens with zero attached hydrogens (tertiary/aromatic N) is 5. The summed E-state index contributed by atoms with van der Waals surface area (Å²) in [5.41, 5.74) is 4.97. The smallest absolute Gasteiger partial charge is 0.210 e. The van der Waals surface area contributed by atoms with Crippen molar-refractivity contribution in [3.63, 3.8) is 0 Å². The molecule has 4 N–H and O–H groups in total. The molecule has 2 aliphatic rings. The molecule has 0 radical (unpaired) electrons. The number of nitrogens with two attached hydrogens (primary N) is 1. The fourth-order valence-electron chi connectivity index (χ4n) is 3.98. The number of aliphatic imine (C=N–C) groups is 1. The number of halogens is 2. The molecule has 1 atom stereocenters. The lowest BCUT2D eigenvalue weighted by Crippen LogP contribution is -2.55. The van der Waals surface area contributed by atoms with E-state index in [1.54, 1.807) is 13.0 Å². The van der Waals surface area contributed by atoms with Gasteiger partial charge in [-0.15, -0.1) is 10.8 Å². The van der Waals surface area contributed by atoms with Crippen LogP contribution in [0.25, 0.3) is 11.9 Å². The Kier molecular flexibility index (Phi) is 4.77. The van der Waals surface area contributed by atoms with E-state index < -0.39 is 32.7 Å². The lowest BCUT2D eigenvalue weighted by Gasteiger charge is -2.56. The van der Waals surface area contributed by atoms with E-state index in [1.165, 1.54) is 25.2 Å². The summed E-state index contributed by atoms with van der Waals surface area (Å²) in [6.07, 6.45) is 4.30. The molecule has 1 saturated carbocycles. The van der Waals surface area contributed by atoms with E-state index in [4.69, 9.17) is 11.0 Å². The van der Waals surface area contributed by atoms with Gasteiger partial charge in [-0.3, -0.25) is 9.11 Å². The Bertz CT molecular complexity index is 1160. The highest BCUT2D eigenvalue weighted by Crippen LogP contribution is 2.76. The Morgan fingerprint density at radius 2 is 2.03 bits per heavy atom. The molecule has 11 heteroatoms. The molecule has 1 aromatic heterocycles. The van der Waals surface area contributed by atoms with Crippen molar-refractivity contribution in [3.05, 3.63) is 58.9 Å². The summed E-state index contributed by atoms with van der Waals surface area (Å²) in [5, 5.41) is 8.77. The Labute approximate surface area is 179 Å². The van der Waals surface area contributed by atoms with Crippen LogP contribution in [0.2, 0.25) is 0 Å². The van der Waals surface area contributed by atoms with Gasteiger partial charge in [0.25, 0.3) is 0 Å². The summed E-state index contributed by atoms with van der Waals surface area (Å²) < 4.78 is 51.4. The molecule has 0 amide bonds. The van der Waals surface area contributed by atoms with Crippen LogP contribution in [-0.2, 0) is 5.54 Å². The molecule has 2 aromatic rings. The zero-order valence-corrected chi connectivity index (χ0v) is 17.6. The van der Waals surface area contributed by atoms with Gasteiger partial charge >= 0.3 is 0 Å². The molecule has 1 aromatic carbocycles. The van der Waals surface area contributed by atoms with E-state index in [1.807, 2.05) is 0 Å². The van der Waals surface area contributed by atoms with E-state index in [0.29, 0.717) is 18.4 Å². The van der Waals surface area contributed by atoms with Gasteiger partial charge in [0.2, 0.25) is 5.96 Å². The predicted octanol–water partition coefficient (Wildman–Crippen LogP) is 3.63. The Hall–Kier alpha value is -3.07. The first-order valence-electron chi connectivity index (χ1n) is 9.32. The minimum absolute atomic E-state index is 0.0555. The normalized spacial score (nSPS) is 25.0. The maximum absolute atomic E-state index is 14.9. The van der Waals surface area contributed by atoms with Crippen molar-refractivity contribution in [2.75, 3.05) is 7.05 Å². The van der Waals surface area contributed by atoms with Crippen molar-refractivity contribution < 1.29 is 17.9 Å². The quantitative estimate of drug-likeness (QED) is 0.656. The van der Waals surface area contributed by atoms with Gasteiger partial charge in [0.05, 0.1) is 12.4 Å². The summed E-state index contributed by atoms with van der Waals surface area (Å²) >= 11 is 0. The van der Waals surface area contributed by atoms with Crippen molar-refractivity contribution in [2.45, 2.75) is 30.1 Å². The van der Waals surface area contributed by atoms with E-state index in [-0.39, 0.29) is 22.9 Å². The first-order valence-corrected chi connectivity index (χ1v) is 10.8. The molecule has 8 nitrogen and oxygen atoms in total. The van der Waals surface area contributed by atoms with E-state index in [9.17, 15) is 17.9 Å². The molecular formula is C20H20F2N6O2S. The van der Waals surface area contributed by atoms with Crippen LogP contribution in [0.1, 0.15) is 42.3 Å². The molecule has 4 rings (SSSR count). The molecule has 1 aliphatic carbocycles. The van der Waals surface area contributed by atoms with Crippen molar-refractivity contribution in [1.82, 2.24) is 14.3 Å². The number of rotatable bonds is 3. The van der Waals surface area contributed by atoms with Crippen LogP contribution >= 0.6 is 10.8 Å². The number of aromatic nitrogens is 2. The Balaban J connectivity index is 1.79. The van der Waals surface area contributed by atoms with Crippen LogP contribution in [0, 0.1) is 17.1 Å². The summed E-state index contributed by atoms with van der Waals surface area (Å²) in [7, 11) is -1.92. The number of nitriles is 1. The van der Waals surface area contributed by atoms with Crippen LogP contribution < -0.4 is 5.73 Å². The lowest BCUT2D eigenvalue weighted by atomic mass is 9.85. The van der Waals surface area contributed by atoms with Crippen LogP contribution in [0.15, 0.2) is 35.6 Å². The minimum Gasteiger partial charge on any atom is -0.369 e. The number of guanidine groups is 1. The topological polar surface area (TPSA) is 132 Å². The number of benzene rings is 1. The second-order valence-corrected chi connectivity index (χ2v) is 10.0. The third kappa shape index (κ3) is 3.06. The maximum Gasteiger partial charge on any atom is 0.210 e. The largest absolute Gasteiger partial charge is 0.369 e. The Morgan fingerprint density at radius 1 is 1.32 bits per heavy atom. The van der Waals surface area contributed by atoms with Gasteiger partial charge in [-0.2, -0.15) is 5.26 Å². The molecular weight excluding hydrogens is 426 g/mol. The fraction of sp³-hybridized carbons (Fsp3) is 0.300. The first kappa shape index (κ1) is 21.2. The SMILES string of the molecule is CN1C(N)=N[C@](C)(c2cc(/C=C(\F)c3cnc(C#N)cn3)ccc2F)C2(CC2)S1(O)O. The van der Waals surface area contributed by atoms with Crippen LogP contribution in [0.4, 0.5) is 8.78 Å². The molecule has 162 valence electrons. The van der Waals surface area contributed by atoms with Gasteiger partial charge in [0.15, 0.2) is 11.5 Å². The fourth-order valence-corrected chi connectivity index (χ4v) is 6.14. The molecule has 31 heavy (non-hydrogen) atoms. The third-order valence-corrected chi connectivity index (χ3v) is 8.78. The highest BCUT2D eigenvalue weighted by Gasteiger charge is 2.70. The van der Waals surface area contributed by atoms with Crippen molar-refractivity contribution in [3.8, 4) is 6.07 Å². The van der Waals surface area contributed by atoms with E-state index >= 15 is 0 Å². The average molecular weight is 446 g/mol. The van der Waals surface area contributed by atoms with E-state index in [2.05, 4.69) is 15.0 Å². The van der Waals surface area contributed by atoms with Crippen LogP contribution in [0.5, 0.6) is 0 Å². The average Bonchev–Trinajstić information content (AvgIpc) is 3.56. The van der Waals surface area contributed by atoms with Gasteiger partial charge in [0.1, 0.15) is 27.9 Å². The monoisotopic (exact) mass is 446 g/mol. The van der Waals surface area contributed by atoms with Crippen molar-refractivity contribution in [1.29, 1.82) is 5.26 Å². The molecule has 0 unspecified atom stereocenters. The van der Waals surface area contributed by atoms with Gasteiger partial charge in [-0.25, -0.2) is 28.0 Å². The summed E-state index contributed by atoms with van der Waals surface area (Å²) in [4.78, 5) is 12.1. The summed E-state index contributed by atoms with van der Waals surface area (Å²) in [6, 6.07) is 5.79. The second-order valence-electron chi connectivity index (χ2n) is 7.68. The lowest BCUT2D eigenvalue weighted by molar-refractivity contribution is 0.331. The predicted molar refractivity (Wildman–Crippen MR) is 114 cm³/mol. The van der Waals surface area contributed by atoms with Crippen LogP contribution in [-0.4, -0.2) is 41.1 Å². The molecule has 1 fully saturated rings. The van der Waals surface area contributed by atoms with Crippen molar-refractivity contribution in [2.24, 2.45) is 10.7 Å². The zero-order chi connectivity index (χ0) is 22.6. The molecule has 1 spiro atoms. The van der Waals surface area contributed by atoms with Crippen molar-refractivity contribution >= 4 is 28.6 Å². The van der Waals surface area contributed by atoms with Gasteiger partial charge in [-0.05, 0) is 43.5 Å². The van der Waals surface area contributed by atoms with Gasteiger partial charge in [-0.1, -0.05) is 6.07 Å². The summed E-state index contributed by atoms with van der Waals surface area (Å²) in [6.45, 7) is 1.61. The maximum atomic E-state index is 14.9. The minimum atomic E-state index is -3.36. The summed E-state index contributed by atoms with van der Waals surface area (Å²) in [5.74, 6) is -1.45. The highest BCUT2D eigenvalue weighted by atomic mass is 32.3. The van der Waals surface area contributed by atoms with Gasteiger partial charge in [0, 0.05) is 12.6 Å². The molecule has 0 bridgehead atoms. The van der Waals surface area contributed by atoms with Gasteiger partial charge < -0.3 is 5.73 Å². The third-order valence-electron chi connectivity index (χ3n) is 5.98. The first-order chi connectivity index (χ1) is 14.6. The molecule has 1 aliphatic heterocycles.